The summed E-state index contributed by atoms with van der Waals surface area (Å²) in [6, 6.07) is 17.8. The van der Waals surface area contributed by atoms with Gasteiger partial charge >= 0.3 is 0 Å². The molecule has 1 saturated heterocycles. The highest BCUT2D eigenvalue weighted by molar-refractivity contribution is 5.76. The molecule has 2 heterocycles. The van der Waals surface area contributed by atoms with Crippen LogP contribution in [0.4, 0.5) is 0 Å². The molecule has 4 rings (SSSR count). The molecule has 0 amide bonds. The Morgan fingerprint density at radius 2 is 1.91 bits per heavy atom. The maximum atomic E-state index is 10.6. The van der Waals surface area contributed by atoms with Crippen LogP contribution in [-0.4, -0.2) is 21.3 Å². The molecule has 0 radical (unpaired) electrons. The van der Waals surface area contributed by atoms with E-state index in [0.29, 0.717) is 6.54 Å². The summed E-state index contributed by atoms with van der Waals surface area (Å²) in [6.07, 6.45) is 1.53. The van der Waals surface area contributed by atoms with Gasteiger partial charge in [-0.25, -0.2) is 4.98 Å². The lowest BCUT2D eigenvalue weighted by Gasteiger charge is -2.17. The van der Waals surface area contributed by atoms with Crippen LogP contribution in [0.2, 0.25) is 0 Å². The molecule has 1 N–H and O–H groups in total. The Hall–Kier alpha value is -2.17. The molecule has 0 aliphatic carbocycles. The van der Waals surface area contributed by atoms with Crippen molar-refractivity contribution >= 4 is 11.0 Å². The molecular weight excluding hydrogens is 288 g/mol. The first-order valence-corrected chi connectivity index (χ1v) is 8.13. The van der Waals surface area contributed by atoms with Gasteiger partial charge in [0.15, 0.2) is 0 Å². The topological polar surface area (TPSA) is 47.3 Å². The molecule has 0 bridgehead atoms. The molecular formula is C19H20N2O2. The maximum absolute atomic E-state index is 10.6. The minimum absolute atomic E-state index is 0.0328. The smallest absolute Gasteiger partial charge is 0.139 e. The minimum Gasteiger partial charge on any atom is -0.387 e. The van der Waals surface area contributed by atoms with Crippen LogP contribution in [-0.2, 0) is 11.3 Å². The zero-order chi connectivity index (χ0) is 15.6. The fraction of sp³-hybridized carbons (Fsp3) is 0.316. The third kappa shape index (κ3) is 2.76. The lowest BCUT2D eigenvalue weighted by molar-refractivity contribution is 0.0968. The van der Waals surface area contributed by atoms with E-state index in [1.54, 1.807) is 0 Å². The lowest BCUT2D eigenvalue weighted by atomic mass is 10.1. The van der Waals surface area contributed by atoms with Gasteiger partial charge < -0.3 is 14.4 Å². The monoisotopic (exact) mass is 308 g/mol. The SMILES string of the molecule is O[C@@H](Cn1c([C@H]2CCCO2)nc2ccccc21)c1ccccc1. The maximum Gasteiger partial charge on any atom is 0.139 e. The van der Waals surface area contributed by atoms with E-state index in [9.17, 15) is 5.11 Å². The van der Waals surface area contributed by atoms with Crippen molar-refractivity contribution in [3.05, 3.63) is 66.0 Å². The van der Waals surface area contributed by atoms with Crippen LogP contribution in [0.1, 0.15) is 36.4 Å². The lowest BCUT2D eigenvalue weighted by Crippen LogP contribution is -2.14. The van der Waals surface area contributed by atoms with Gasteiger partial charge in [0.05, 0.1) is 23.7 Å². The molecule has 118 valence electrons. The van der Waals surface area contributed by atoms with Gasteiger partial charge in [0.1, 0.15) is 11.9 Å². The number of nitrogens with zero attached hydrogens (tertiary/aromatic N) is 2. The minimum atomic E-state index is -0.561. The molecule has 1 fully saturated rings. The number of hydrogen-bond acceptors (Lipinski definition) is 3. The zero-order valence-corrected chi connectivity index (χ0v) is 12.9. The molecule has 3 aromatic rings. The summed E-state index contributed by atoms with van der Waals surface area (Å²) in [5.41, 5.74) is 2.93. The van der Waals surface area contributed by atoms with Crippen molar-refractivity contribution in [2.75, 3.05) is 6.61 Å². The number of benzene rings is 2. The molecule has 0 saturated carbocycles. The van der Waals surface area contributed by atoms with Crippen molar-refractivity contribution < 1.29 is 9.84 Å². The predicted octanol–water partition coefficient (Wildman–Crippen LogP) is 3.62. The van der Waals surface area contributed by atoms with Gasteiger partial charge in [0.2, 0.25) is 0 Å². The highest BCUT2D eigenvalue weighted by Gasteiger charge is 2.25. The van der Waals surface area contributed by atoms with Gasteiger partial charge in [-0.1, -0.05) is 42.5 Å². The highest BCUT2D eigenvalue weighted by atomic mass is 16.5. The van der Waals surface area contributed by atoms with E-state index in [1.807, 2.05) is 48.5 Å². The Labute approximate surface area is 135 Å². The van der Waals surface area contributed by atoms with Crippen LogP contribution >= 0.6 is 0 Å². The molecule has 1 aliphatic heterocycles. The van der Waals surface area contributed by atoms with Crippen molar-refractivity contribution in [1.82, 2.24) is 9.55 Å². The number of fused-ring (bicyclic) bond motifs is 1. The number of imidazole rings is 1. The quantitative estimate of drug-likeness (QED) is 0.801. The summed E-state index contributed by atoms with van der Waals surface area (Å²) in [4.78, 5) is 4.77. The average Bonchev–Trinajstić information content (AvgIpc) is 3.24. The number of para-hydroxylation sites is 2. The summed E-state index contributed by atoms with van der Waals surface area (Å²) in [6.45, 7) is 1.27. The van der Waals surface area contributed by atoms with Gasteiger partial charge in [-0.05, 0) is 30.5 Å². The van der Waals surface area contributed by atoms with Crippen LogP contribution in [0.5, 0.6) is 0 Å². The second-order valence-electron chi connectivity index (χ2n) is 6.00. The van der Waals surface area contributed by atoms with Crippen molar-refractivity contribution in [3.8, 4) is 0 Å². The van der Waals surface area contributed by atoms with Crippen molar-refractivity contribution in [2.24, 2.45) is 0 Å². The summed E-state index contributed by atoms with van der Waals surface area (Å²) < 4.78 is 7.95. The van der Waals surface area contributed by atoms with Crippen LogP contribution in [0, 0.1) is 0 Å². The van der Waals surface area contributed by atoms with Gasteiger partial charge in [-0.2, -0.15) is 0 Å². The zero-order valence-electron chi connectivity index (χ0n) is 12.9. The van der Waals surface area contributed by atoms with Crippen LogP contribution in [0.25, 0.3) is 11.0 Å². The third-order valence-electron chi connectivity index (χ3n) is 4.44. The molecule has 2 atom stereocenters. The van der Waals surface area contributed by atoms with E-state index in [0.717, 1.165) is 41.9 Å². The fourth-order valence-electron chi connectivity index (χ4n) is 3.27. The molecule has 0 spiro atoms. The first-order chi connectivity index (χ1) is 11.3. The summed E-state index contributed by atoms with van der Waals surface area (Å²) >= 11 is 0. The Morgan fingerprint density at radius 3 is 2.70 bits per heavy atom. The number of aliphatic hydroxyl groups excluding tert-OH is 1. The highest BCUT2D eigenvalue weighted by Crippen LogP contribution is 2.31. The van der Waals surface area contributed by atoms with Gasteiger partial charge in [-0.3, -0.25) is 0 Å². The number of ether oxygens (including phenoxy) is 1. The first-order valence-electron chi connectivity index (χ1n) is 8.13. The molecule has 23 heavy (non-hydrogen) atoms. The van der Waals surface area contributed by atoms with E-state index in [2.05, 4.69) is 10.6 Å². The van der Waals surface area contributed by atoms with Crippen LogP contribution in [0.3, 0.4) is 0 Å². The number of aliphatic hydroxyl groups is 1. The summed E-state index contributed by atoms with van der Waals surface area (Å²) in [5, 5.41) is 10.6. The Balaban J connectivity index is 1.73. The second-order valence-corrected chi connectivity index (χ2v) is 6.00. The molecule has 4 nitrogen and oxygen atoms in total. The van der Waals surface area contributed by atoms with Crippen molar-refractivity contribution in [2.45, 2.75) is 31.6 Å². The second kappa shape index (κ2) is 6.14. The summed E-state index contributed by atoms with van der Waals surface area (Å²) in [5.74, 6) is 0.929. The van der Waals surface area contributed by atoms with Gasteiger partial charge in [0.25, 0.3) is 0 Å². The number of hydrogen-bond donors (Lipinski definition) is 1. The van der Waals surface area contributed by atoms with Gasteiger partial charge in [0, 0.05) is 6.61 Å². The van der Waals surface area contributed by atoms with E-state index >= 15 is 0 Å². The van der Waals surface area contributed by atoms with Crippen molar-refractivity contribution in [3.63, 3.8) is 0 Å². The van der Waals surface area contributed by atoms with Gasteiger partial charge in [-0.15, -0.1) is 0 Å². The molecule has 1 aromatic heterocycles. The molecule has 4 heteroatoms. The Kier molecular flexibility index (Phi) is 3.85. The third-order valence-corrected chi connectivity index (χ3v) is 4.44. The molecule has 1 aliphatic rings. The van der Waals surface area contributed by atoms with E-state index < -0.39 is 6.10 Å². The fourth-order valence-corrected chi connectivity index (χ4v) is 3.27. The largest absolute Gasteiger partial charge is 0.387 e. The Bertz CT molecular complexity index is 791. The standard InChI is InChI=1S/C19H20N2O2/c22-17(14-7-2-1-3-8-14)13-21-16-10-5-4-9-15(16)20-19(21)18-11-6-12-23-18/h1-5,7-10,17-18,22H,6,11-13H2/t17-,18+/m0/s1. The average molecular weight is 308 g/mol. The summed E-state index contributed by atoms with van der Waals surface area (Å²) in [7, 11) is 0. The van der Waals surface area contributed by atoms with Crippen molar-refractivity contribution in [1.29, 1.82) is 0 Å². The van der Waals surface area contributed by atoms with Crippen LogP contribution in [0.15, 0.2) is 54.6 Å². The normalized spacial score (nSPS) is 19.3. The van der Waals surface area contributed by atoms with Crippen LogP contribution < -0.4 is 0 Å². The molecule has 0 unspecified atom stereocenters. The molecule has 2 aromatic carbocycles. The van der Waals surface area contributed by atoms with E-state index in [1.165, 1.54) is 0 Å². The van der Waals surface area contributed by atoms with E-state index in [-0.39, 0.29) is 6.10 Å². The number of aromatic nitrogens is 2. The Morgan fingerprint density at radius 1 is 1.13 bits per heavy atom. The number of rotatable bonds is 4. The van der Waals surface area contributed by atoms with E-state index in [4.69, 9.17) is 9.72 Å². The first kappa shape index (κ1) is 14.4. The predicted molar refractivity (Wildman–Crippen MR) is 89.1 cm³/mol.